The van der Waals surface area contributed by atoms with E-state index in [1.54, 1.807) is 0 Å². The average Bonchev–Trinajstić information content (AvgIpc) is 2.74. The third-order valence-corrected chi connectivity index (χ3v) is 4.23. The van der Waals surface area contributed by atoms with Crippen molar-refractivity contribution in [3.63, 3.8) is 0 Å². The van der Waals surface area contributed by atoms with E-state index in [2.05, 4.69) is 52.7 Å². The fourth-order valence-corrected chi connectivity index (χ4v) is 2.95. The van der Waals surface area contributed by atoms with Gasteiger partial charge >= 0.3 is 0 Å². The molecule has 0 atom stereocenters. The van der Waals surface area contributed by atoms with E-state index in [-0.39, 0.29) is 0 Å². The van der Waals surface area contributed by atoms with Crippen LogP contribution < -0.4 is 0 Å². The van der Waals surface area contributed by atoms with Gasteiger partial charge in [0.05, 0.1) is 5.69 Å². The van der Waals surface area contributed by atoms with Gasteiger partial charge in [0.1, 0.15) is 5.69 Å². The van der Waals surface area contributed by atoms with Crippen LogP contribution in [0, 0.1) is 0 Å². The zero-order valence-electron chi connectivity index (χ0n) is 14.3. The fourth-order valence-electron chi connectivity index (χ4n) is 2.95. The first-order valence-electron chi connectivity index (χ1n) is 8.62. The molecule has 0 unspecified atom stereocenters. The van der Waals surface area contributed by atoms with Crippen LogP contribution in [0.5, 0.6) is 0 Å². The quantitative estimate of drug-likeness (QED) is 0.346. The lowest BCUT2D eigenvalue weighted by molar-refractivity contribution is 1.23. The molecular formula is C24H18N2. The summed E-state index contributed by atoms with van der Waals surface area (Å²) in [6.45, 7) is 0. The van der Waals surface area contributed by atoms with E-state index < -0.39 is 0 Å². The van der Waals surface area contributed by atoms with Crippen LogP contribution >= 0.6 is 0 Å². The van der Waals surface area contributed by atoms with Crippen LogP contribution in [0.25, 0.3) is 22.3 Å². The summed E-state index contributed by atoms with van der Waals surface area (Å²) in [5.74, 6) is 0. The van der Waals surface area contributed by atoms with E-state index in [0.717, 1.165) is 33.6 Å². The Bertz CT molecular complexity index is 950. The maximum absolute atomic E-state index is 4.65. The molecule has 0 aliphatic heterocycles. The summed E-state index contributed by atoms with van der Waals surface area (Å²) in [4.78, 5) is 0. The molecule has 0 saturated carbocycles. The van der Waals surface area contributed by atoms with Crippen LogP contribution in [0.4, 0.5) is 11.4 Å². The van der Waals surface area contributed by atoms with Crippen LogP contribution in [0.15, 0.2) is 119 Å². The molecule has 0 saturated heterocycles. The van der Waals surface area contributed by atoms with Crippen molar-refractivity contribution in [3.05, 3.63) is 109 Å². The molecule has 0 heterocycles. The highest BCUT2D eigenvalue weighted by atomic mass is 15.1. The summed E-state index contributed by atoms with van der Waals surface area (Å²) in [7, 11) is 0. The van der Waals surface area contributed by atoms with Crippen molar-refractivity contribution in [2.24, 2.45) is 10.2 Å². The van der Waals surface area contributed by atoms with Crippen molar-refractivity contribution in [3.8, 4) is 22.3 Å². The van der Waals surface area contributed by atoms with Gasteiger partial charge in [-0.05, 0) is 23.3 Å². The molecule has 26 heavy (non-hydrogen) atoms. The Labute approximate surface area is 153 Å². The highest BCUT2D eigenvalue weighted by Crippen LogP contribution is 2.39. The van der Waals surface area contributed by atoms with Crippen LogP contribution in [0.1, 0.15) is 0 Å². The Balaban J connectivity index is 1.89. The molecule has 0 aromatic heterocycles. The third-order valence-electron chi connectivity index (χ3n) is 4.23. The van der Waals surface area contributed by atoms with Gasteiger partial charge in [0.25, 0.3) is 0 Å². The molecule has 124 valence electrons. The minimum Gasteiger partial charge on any atom is -0.151 e. The molecule has 0 amide bonds. The molecular weight excluding hydrogens is 316 g/mol. The van der Waals surface area contributed by atoms with Crippen LogP contribution in [0.3, 0.4) is 0 Å². The molecule has 0 aliphatic rings. The molecule has 0 bridgehead atoms. The van der Waals surface area contributed by atoms with E-state index >= 15 is 0 Å². The standard InChI is InChI=1S/C24H18N2/c1-4-11-19(12-5-1)22-17-10-18-23(20-13-6-2-7-14-20)24(22)26-25-21-15-8-3-9-16-21/h1-18H. The monoisotopic (exact) mass is 334 g/mol. The minimum atomic E-state index is 0.842. The first-order valence-corrected chi connectivity index (χ1v) is 8.62. The summed E-state index contributed by atoms with van der Waals surface area (Å²) in [5, 5.41) is 9.13. The Morgan fingerprint density at radius 2 is 0.846 bits per heavy atom. The predicted octanol–water partition coefficient (Wildman–Crippen LogP) is 7.44. The second-order valence-electron chi connectivity index (χ2n) is 5.97. The van der Waals surface area contributed by atoms with E-state index in [1.165, 1.54) is 0 Å². The van der Waals surface area contributed by atoms with Crippen molar-refractivity contribution in [1.82, 2.24) is 0 Å². The van der Waals surface area contributed by atoms with Crippen molar-refractivity contribution in [2.75, 3.05) is 0 Å². The minimum absolute atomic E-state index is 0.842. The van der Waals surface area contributed by atoms with E-state index in [0.29, 0.717) is 0 Å². The van der Waals surface area contributed by atoms with E-state index in [1.807, 2.05) is 66.7 Å². The number of hydrogen-bond donors (Lipinski definition) is 0. The third kappa shape index (κ3) is 3.45. The molecule has 0 fully saturated rings. The highest BCUT2D eigenvalue weighted by Gasteiger charge is 2.11. The lowest BCUT2D eigenvalue weighted by Gasteiger charge is -2.11. The second kappa shape index (κ2) is 7.58. The largest absolute Gasteiger partial charge is 0.151 e. The van der Waals surface area contributed by atoms with E-state index in [4.69, 9.17) is 0 Å². The molecule has 2 heteroatoms. The molecule has 2 nitrogen and oxygen atoms in total. The highest BCUT2D eigenvalue weighted by molar-refractivity contribution is 5.88. The Morgan fingerprint density at radius 1 is 0.385 bits per heavy atom. The van der Waals surface area contributed by atoms with Gasteiger partial charge in [0.2, 0.25) is 0 Å². The number of benzene rings is 4. The number of rotatable bonds is 4. The van der Waals surface area contributed by atoms with Gasteiger partial charge in [-0.2, -0.15) is 5.11 Å². The summed E-state index contributed by atoms with van der Waals surface area (Å²) in [6, 6.07) is 36.7. The van der Waals surface area contributed by atoms with Gasteiger partial charge in [-0.15, -0.1) is 5.11 Å². The average molecular weight is 334 g/mol. The fraction of sp³-hybridized carbons (Fsp3) is 0. The molecule has 0 aliphatic carbocycles. The van der Waals surface area contributed by atoms with Gasteiger partial charge in [0.15, 0.2) is 0 Å². The molecule has 0 radical (unpaired) electrons. The maximum atomic E-state index is 4.65. The molecule has 0 spiro atoms. The normalized spacial score (nSPS) is 10.9. The zero-order valence-corrected chi connectivity index (χ0v) is 14.3. The molecule has 4 aromatic rings. The van der Waals surface area contributed by atoms with Crippen LogP contribution in [-0.4, -0.2) is 0 Å². The van der Waals surface area contributed by atoms with Crippen LogP contribution in [-0.2, 0) is 0 Å². The van der Waals surface area contributed by atoms with Gasteiger partial charge in [-0.1, -0.05) is 97.1 Å². The number of hydrogen-bond acceptors (Lipinski definition) is 2. The summed E-state index contributed by atoms with van der Waals surface area (Å²) < 4.78 is 0. The summed E-state index contributed by atoms with van der Waals surface area (Å²) in [6.07, 6.45) is 0. The maximum Gasteiger partial charge on any atom is 0.101 e. The van der Waals surface area contributed by atoms with Crippen molar-refractivity contribution in [2.45, 2.75) is 0 Å². The predicted molar refractivity (Wildman–Crippen MR) is 108 cm³/mol. The Hall–Kier alpha value is -3.52. The summed E-state index contributed by atoms with van der Waals surface area (Å²) >= 11 is 0. The number of nitrogens with zero attached hydrogens (tertiary/aromatic N) is 2. The Kier molecular flexibility index (Phi) is 4.66. The summed E-state index contributed by atoms with van der Waals surface area (Å²) in [5.41, 5.74) is 6.14. The first kappa shape index (κ1) is 16.0. The second-order valence-corrected chi connectivity index (χ2v) is 5.97. The van der Waals surface area contributed by atoms with Crippen molar-refractivity contribution >= 4 is 11.4 Å². The van der Waals surface area contributed by atoms with Gasteiger partial charge in [0, 0.05) is 11.1 Å². The molecule has 4 aromatic carbocycles. The SMILES string of the molecule is c1ccc(N=Nc2c(-c3ccccc3)cccc2-c2ccccc2)cc1. The van der Waals surface area contributed by atoms with Gasteiger partial charge in [-0.25, -0.2) is 0 Å². The van der Waals surface area contributed by atoms with Crippen molar-refractivity contribution < 1.29 is 0 Å². The number of azo groups is 1. The topological polar surface area (TPSA) is 24.7 Å². The first-order chi connectivity index (χ1) is 12.9. The van der Waals surface area contributed by atoms with Gasteiger partial charge < -0.3 is 0 Å². The molecule has 0 N–H and O–H groups in total. The zero-order chi connectivity index (χ0) is 17.6. The van der Waals surface area contributed by atoms with Crippen LogP contribution in [0.2, 0.25) is 0 Å². The lowest BCUT2D eigenvalue weighted by Crippen LogP contribution is -1.84. The lowest BCUT2D eigenvalue weighted by atomic mass is 9.96. The van der Waals surface area contributed by atoms with Crippen molar-refractivity contribution in [1.29, 1.82) is 0 Å². The smallest absolute Gasteiger partial charge is 0.101 e. The molecule has 4 rings (SSSR count). The van der Waals surface area contributed by atoms with Gasteiger partial charge in [-0.3, -0.25) is 0 Å². The van der Waals surface area contributed by atoms with E-state index in [9.17, 15) is 0 Å². The Morgan fingerprint density at radius 3 is 1.35 bits per heavy atom.